The summed E-state index contributed by atoms with van der Waals surface area (Å²) in [6, 6.07) is 7.26. The molecule has 2 rings (SSSR count). The van der Waals surface area contributed by atoms with Gasteiger partial charge in [0.1, 0.15) is 0 Å². The average Bonchev–Trinajstić information content (AvgIpc) is 3.12. The first-order valence-corrected chi connectivity index (χ1v) is 5.96. The van der Waals surface area contributed by atoms with Crippen molar-refractivity contribution in [3.63, 3.8) is 0 Å². The van der Waals surface area contributed by atoms with Gasteiger partial charge in [-0.05, 0) is 24.0 Å². The van der Waals surface area contributed by atoms with Crippen LogP contribution in [0.2, 0.25) is 0 Å². The van der Waals surface area contributed by atoms with Gasteiger partial charge in [-0.2, -0.15) is 0 Å². The zero-order chi connectivity index (χ0) is 13.1. The van der Waals surface area contributed by atoms with Crippen LogP contribution in [-0.4, -0.2) is 17.0 Å². The van der Waals surface area contributed by atoms with Gasteiger partial charge in [-0.25, -0.2) is 0 Å². The van der Waals surface area contributed by atoms with E-state index in [4.69, 9.17) is 10.9 Å². The molecule has 1 aliphatic rings. The van der Waals surface area contributed by atoms with Gasteiger partial charge < -0.3 is 16.3 Å². The molecular formula is C13H17N3O2. The lowest BCUT2D eigenvalue weighted by molar-refractivity contribution is -0.122. The Morgan fingerprint density at radius 2 is 2.33 bits per heavy atom. The fourth-order valence-corrected chi connectivity index (χ4v) is 1.91. The van der Waals surface area contributed by atoms with Gasteiger partial charge >= 0.3 is 0 Å². The van der Waals surface area contributed by atoms with Crippen molar-refractivity contribution in [2.45, 2.75) is 19.9 Å². The molecule has 0 radical (unpaired) electrons. The maximum absolute atomic E-state index is 11.7. The van der Waals surface area contributed by atoms with Crippen LogP contribution in [0.15, 0.2) is 29.4 Å². The van der Waals surface area contributed by atoms with Gasteiger partial charge in [0.05, 0.1) is 0 Å². The van der Waals surface area contributed by atoms with Gasteiger partial charge in [0.2, 0.25) is 5.91 Å². The minimum atomic E-state index is 0.0685. The maximum Gasteiger partial charge on any atom is 0.223 e. The zero-order valence-electron chi connectivity index (χ0n) is 10.3. The Kier molecular flexibility index (Phi) is 3.50. The number of amidine groups is 1. The summed E-state index contributed by atoms with van der Waals surface area (Å²) in [7, 11) is 0. The van der Waals surface area contributed by atoms with Crippen LogP contribution < -0.4 is 11.1 Å². The Bertz CT molecular complexity index is 485. The van der Waals surface area contributed by atoms with Crippen LogP contribution in [0.5, 0.6) is 0 Å². The minimum absolute atomic E-state index is 0.0685. The standard InChI is InChI=1S/C13H17N3O2/c1-8-5-11(8)13(17)15-7-9-3-2-4-10(6-9)12(14)16-18/h2-4,6,8,11,18H,5,7H2,1H3,(H2,14,16)(H,15,17). The molecule has 0 aromatic heterocycles. The fourth-order valence-electron chi connectivity index (χ4n) is 1.91. The molecule has 1 aromatic carbocycles. The monoisotopic (exact) mass is 247 g/mol. The molecule has 0 heterocycles. The van der Waals surface area contributed by atoms with E-state index < -0.39 is 0 Å². The predicted octanol–water partition coefficient (Wildman–Crippen LogP) is 1.05. The third-order valence-corrected chi connectivity index (χ3v) is 3.24. The van der Waals surface area contributed by atoms with E-state index in [2.05, 4.69) is 17.4 Å². The summed E-state index contributed by atoms with van der Waals surface area (Å²) in [5.41, 5.74) is 7.08. The number of nitrogens with two attached hydrogens (primary N) is 1. The highest BCUT2D eigenvalue weighted by atomic mass is 16.4. The van der Waals surface area contributed by atoms with Crippen molar-refractivity contribution in [2.24, 2.45) is 22.7 Å². The Morgan fingerprint density at radius 1 is 1.61 bits per heavy atom. The van der Waals surface area contributed by atoms with E-state index in [1.165, 1.54) is 0 Å². The summed E-state index contributed by atoms with van der Waals surface area (Å²) in [4.78, 5) is 11.7. The third-order valence-electron chi connectivity index (χ3n) is 3.24. The molecule has 18 heavy (non-hydrogen) atoms. The van der Waals surface area contributed by atoms with Crippen LogP contribution in [-0.2, 0) is 11.3 Å². The molecule has 5 nitrogen and oxygen atoms in total. The lowest BCUT2D eigenvalue weighted by atomic mass is 10.1. The van der Waals surface area contributed by atoms with Gasteiger partial charge in [0.25, 0.3) is 0 Å². The van der Waals surface area contributed by atoms with Crippen molar-refractivity contribution in [1.29, 1.82) is 0 Å². The molecule has 0 saturated heterocycles. The van der Waals surface area contributed by atoms with Gasteiger partial charge in [-0.1, -0.05) is 30.3 Å². The number of hydrogen-bond acceptors (Lipinski definition) is 3. The maximum atomic E-state index is 11.7. The molecule has 0 aliphatic heterocycles. The first kappa shape index (κ1) is 12.4. The molecule has 1 saturated carbocycles. The average molecular weight is 247 g/mol. The van der Waals surface area contributed by atoms with Crippen molar-refractivity contribution in [3.05, 3.63) is 35.4 Å². The predicted molar refractivity (Wildman–Crippen MR) is 68.1 cm³/mol. The quantitative estimate of drug-likeness (QED) is 0.321. The summed E-state index contributed by atoms with van der Waals surface area (Å²) in [5.74, 6) is 0.862. The van der Waals surface area contributed by atoms with E-state index in [-0.39, 0.29) is 17.7 Å². The Balaban J connectivity index is 1.95. The first-order valence-electron chi connectivity index (χ1n) is 5.96. The van der Waals surface area contributed by atoms with Crippen molar-refractivity contribution < 1.29 is 10.0 Å². The van der Waals surface area contributed by atoms with Gasteiger partial charge in [0.15, 0.2) is 5.84 Å². The fraction of sp³-hybridized carbons (Fsp3) is 0.385. The second-order valence-electron chi connectivity index (χ2n) is 4.72. The van der Waals surface area contributed by atoms with E-state index >= 15 is 0 Å². The number of carbonyl (C=O) groups is 1. The van der Waals surface area contributed by atoms with Gasteiger partial charge in [0, 0.05) is 18.0 Å². The molecule has 1 aliphatic carbocycles. The van der Waals surface area contributed by atoms with E-state index in [0.717, 1.165) is 12.0 Å². The summed E-state index contributed by atoms with van der Waals surface area (Å²) >= 11 is 0. The highest BCUT2D eigenvalue weighted by molar-refractivity contribution is 5.97. The van der Waals surface area contributed by atoms with Crippen molar-refractivity contribution in [2.75, 3.05) is 0 Å². The van der Waals surface area contributed by atoms with Gasteiger partial charge in [-0.3, -0.25) is 4.79 Å². The van der Waals surface area contributed by atoms with Crippen LogP contribution in [0.3, 0.4) is 0 Å². The zero-order valence-corrected chi connectivity index (χ0v) is 10.3. The number of benzene rings is 1. The Morgan fingerprint density at radius 3 is 2.94 bits per heavy atom. The Hall–Kier alpha value is -2.04. The molecular weight excluding hydrogens is 230 g/mol. The SMILES string of the molecule is CC1CC1C(=O)NCc1cccc(/C(N)=N/O)c1. The molecule has 1 aromatic rings. The lowest BCUT2D eigenvalue weighted by Gasteiger charge is -2.06. The number of nitrogens with one attached hydrogen (secondary N) is 1. The molecule has 4 N–H and O–H groups in total. The van der Waals surface area contributed by atoms with Crippen LogP contribution in [0, 0.1) is 11.8 Å². The minimum Gasteiger partial charge on any atom is -0.409 e. The molecule has 0 bridgehead atoms. The second-order valence-corrected chi connectivity index (χ2v) is 4.72. The van der Waals surface area contributed by atoms with E-state index in [1.54, 1.807) is 12.1 Å². The number of carbonyl (C=O) groups excluding carboxylic acids is 1. The topological polar surface area (TPSA) is 87.7 Å². The van der Waals surface area contributed by atoms with Crippen LogP contribution in [0.4, 0.5) is 0 Å². The van der Waals surface area contributed by atoms with Crippen LogP contribution >= 0.6 is 0 Å². The number of nitrogens with zero attached hydrogens (tertiary/aromatic N) is 1. The smallest absolute Gasteiger partial charge is 0.223 e. The van der Waals surface area contributed by atoms with Crippen molar-refractivity contribution in [1.82, 2.24) is 5.32 Å². The first-order chi connectivity index (χ1) is 8.61. The van der Waals surface area contributed by atoms with E-state index in [1.807, 2.05) is 12.1 Å². The van der Waals surface area contributed by atoms with Crippen molar-refractivity contribution in [3.8, 4) is 0 Å². The lowest BCUT2D eigenvalue weighted by Crippen LogP contribution is -2.25. The largest absolute Gasteiger partial charge is 0.409 e. The highest BCUT2D eigenvalue weighted by Gasteiger charge is 2.38. The second kappa shape index (κ2) is 5.08. The van der Waals surface area contributed by atoms with Gasteiger partial charge in [-0.15, -0.1) is 0 Å². The molecule has 2 unspecified atom stereocenters. The highest BCUT2D eigenvalue weighted by Crippen LogP contribution is 2.37. The molecule has 1 fully saturated rings. The molecule has 2 atom stereocenters. The molecule has 0 spiro atoms. The molecule has 5 heteroatoms. The molecule has 96 valence electrons. The number of rotatable bonds is 4. The third kappa shape index (κ3) is 2.80. The summed E-state index contributed by atoms with van der Waals surface area (Å²) in [6.45, 7) is 2.54. The van der Waals surface area contributed by atoms with E-state index in [9.17, 15) is 4.79 Å². The summed E-state index contributed by atoms with van der Waals surface area (Å²) in [5, 5.41) is 14.4. The van der Waals surface area contributed by atoms with Crippen molar-refractivity contribution >= 4 is 11.7 Å². The van der Waals surface area contributed by atoms with Crippen LogP contribution in [0.1, 0.15) is 24.5 Å². The molecule has 1 amide bonds. The number of hydrogen-bond donors (Lipinski definition) is 3. The van der Waals surface area contributed by atoms with Crippen LogP contribution in [0.25, 0.3) is 0 Å². The number of oxime groups is 1. The van der Waals surface area contributed by atoms with E-state index in [0.29, 0.717) is 18.0 Å². The normalized spacial score (nSPS) is 22.6. The summed E-state index contributed by atoms with van der Waals surface area (Å²) < 4.78 is 0. The number of amides is 1. The summed E-state index contributed by atoms with van der Waals surface area (Å²) in [6.07, 6.45) is 0.982. The Labute approximate surface area is 106 Å².